The lowest BCUT2D eigenvalue weighted by atomic mass is 10.1. The number of aryl methyl sites for hydroxylation is 1. The van der Waals surface area contributed by atoms with Crippen LogP contribution in [0.2, 0.25) is 5.02 Å². The van der Waals surface area contributed by atoms with E-state index < -0.39 is 11.9 Å². The van der Waals surface area contributed by atoms with Crippen LogP contribution >= 0.6 is 11.6 Å². The minimum atomic E-state index is -0.867. The Balaban J connectivity index is 2.41. The summed E-state index contributed by atoms with van der Waals surface area (Å²) in [5, 5.41) is 10.3. The van der Waals surface area contributed by atoms with Crippen molar-refractivity contribution >= 4 is 11.6 Å². The molecule has 1 aromatic heterocycles. The van der Waals surface area contributed by atoms with Gasteiger partial charge in [-0.1, -0.05) is 11.6 Å². The Bertz CT molecular complexity index is 489. The van der Waals surface area contributed by atoms with E-state index in [0.29, 0.717) is 11.3 Å². The smallest absolute Gasteiger partial charge is 0.125 e. The minimum Gasteiger partial charge on any atom is -0.382 e. The first-order valence-electron chi connectivity index (χ1n) is 4.83. The van der Waals surface area contributed by atoms with Gasteiger partial charge in [0, 0.05) is 18.3 Å². The number of aliphatic hydroxyl groups is 1. The molecule has 2 aromatic rings. The number of aliphatic hydroxyl groups excluding tert-OH is 1. The van der Waals surface area contributed by atoms with Gasteiger partial charge in [0.15, 0.2) is 0 Å². The van der Waals surface area contributed by atoms with Gasteiger partial charge in [0.25, 0.3) is 0 Å². The van der Waals surface area contributed by atoms with Crippen LogP contribution in [0.25, 0.3) is 0 Å². The van der Waals surface area contributed by atoms with Gasteiger partial charge in [-0.3, -0.25) is 0 Å². The zero-order valence-electron chi connectivity index (χ0n) is 8.69. The van der Waals surface area contributed by atoms with Gasteiger partial charge in [0.2, 0.25) is 0 Å². The monoisotopic (exact) mass is 239 g/mol. The molecule has 0 bridgehead atoms. The summed E-state index contributed by atoms with van der Waals surface area (Å²) in [4.78, 5) is 0. The van der Waals surface area contributed by atoms with Gasteiger partial charge in [0.05, 0.1) is 5.69 Å². The summed E-state index contributed by atoms with van der Waals surface area (Å²) in [6.45, 7) is 0. The Labute approximate surface area is 97.9 Å². The zero-order chi connectivity index (χ0) is 11.7. The molecular formula is C12H11ClFNO. The van der Waals surface area contributed by atoms with Crippen LogP contribution in [-0.4, -0.2) is 9.67 Å². The fourth-order valence-corrected chi connectivity index (χ4v) is 1.89. The van der Waals surface area contributed by atoms with E-state index in [0.717, 1.165) is 0 Å². The molecule has 0 aliphatic rings. The molecular weight excluding hydrogens is 229 g/mol. The molecule has 0 spiro atoms. The van der Waals surface area contributed by atoms with Gasteiger partial charge in [0.1, 0.15) is 11.9 Å². The average Bonchev–Trinajstić information content (AvgIpc) is 2.62. The largest absolute Gasteiger partial charge is 0.382 e. The first-order chi connectivity index (χ1) is 7.58. The van der Waals surface area contributed by atoms with Crippen LogP contribution in [0.5, 0.6) is 0 Å². The van der Waals surface area contributed by atoms with E-state index >= 15 is 0 Å². The summed E-state index contributed by atoms with van der Waals surface area (Å²) >= 11 is 5.74. The summed E-state index contributed by atoms with van der Waals surface area (Å²) in [5.74, 6) is -0.448. The van der Waals surface area contributed by atoms with Crippen molar-refractivity contribution in [1.82, 2.24) is 4.57 Å². The molecule has 84 valence electrons. The van der Waals surface area contributed by atoms with E-state index in [1.807, 2.05) is 19.3 Å². The van der Waals surface area contributed by atoms with Gasteiger partial charge in [-0.15, -0.1) is 0 Å². The van der Waals surface area contributed by atoms with Crippen LogP contribution < -0.4 is 0 Å². The predicted molar refractivity (Wildman–Crippen MR) is 60.9 cm³/mol. The summed E-state index contributed by atoms with van der Waals surface area (Å²) in [6.07, 6.45) is 0.951. The topological polar surface area (TPSA) is 25.2 Å². The van der Waals surface area contributed by atoms with Gasteiger partial charge in [-0.25, -0.2) is 4.39 Å². The van der Waals surface area contributed by atoms with Crippen LogP contribution in [0.4, 0.5) is 4.39 Å². The number of benzene rings is 1. The summed E-state index contributed by atoms with van der Waals surface area (Å²) < 4.78 is 14.9. The molecule has 0 fully saturated rings. The molecule has 0 amide bonds. The van der Waals surface area contributed by atoms with E-state index in [4.69, 9.17) is 11.6 Å². The number of halogens is 2. The molecule has 4 heteroatoms. The van der Waals surface area contributed by atoms with Crippen LogP contribution in [0.15, 0.2) is 36.5 Å². The lowest BCUT2D eigenvalue weighted by molar-refractivity contribution is 0.211. The standard InChI is InChI=1S/C12H11ClFNO/c1-15-4-2-3-11(15)12(16)8-5-9(13)7-10(14)6-8/h2-7,12,16H,1H3/t12-/m0/s1. The summed E-state index contributed by atoms with van der Waals surface area (Å²) in [6, 6.07) is 7.65. The Morgan fingerprint density at radius 3 is 2.69 bits per heavy atom. The molecule has 16 heavy (non-hydrogen) atoms. The molecule has 1 aromatic carbocycles. The van der Waals surface area contributed by atoms with Crippen molar-refractivity contribution < 1.29 is 9.50 Å². The third-order valence-electron chi connectivity index (χ3n) is 2.46. The van der Waals surface area contributed by atoms with Crippen molar-refractivity contribution in [3.05, 3.63) is 58.6 Å². The molecule has 1 heterocycles. The maximum atomic E-state index is 13.1. The Kier molecular flexibility index (Phi) is 2.99. The summed E-state index contributed by atoms with van der Waals surface area (Å²) in [7, 11) is 1.82. The van der Waals surface area contributed by atoms with Crippen molar-refractivity contribution in [2.45, 2.75) is 6.10 Å². The molecule has 2 nitrogen and oxygen atoms in total. The highest BCUT2D eigenvalue weighted by Gasteiger charge is 2.14. The Hall–Kier alpha value is -1.32. The van der Waals surface area contributed by atoms with Crippen LogP contribution in [-0.2, 0) is 7.05 Å². The van der Waals surface area contributed by atoms with Gasteiger partial charge < -0.3 is 9.67 Å². The SMILES string of the molecule is Cn1cccc1[C@@H](O)c1cc(F)cc(Cl)c1. The van der Waals surface area contributed by atoms with E-state index in [1.165, 1.54) is 12.1 Å². The minimum absolute atomic E-state index is 0.281. The van der Waals surface area contributed by atoms with Gasteiger partial charge in [-0.05, 0) is 35.9 Å². The second-order valence-corrected chi connectivity index (χ2v) is 4.09. The number of hydrogen-bond donors (Lipinski definition) is 1. The molecule has 0 saturated heterocycles. The molecule has 0 saturated carbocycles. The number of rotatable bonds is 2. The second-order valence-electron chi connectivity index (χ2n) is 3.65. The summed E-state index contributed by atoms with van der Waals surface area (Å²) in [5.41, 5.74) is 1.15. The third-order valence-corrected chi connectivity index (χ3v) is 2.68. The van der Waals surface area contributed by atoms with Crippen molar-refractivity contribution in [2.24, 2.45) is 7.05 Å². The van der Waals surface area contributed by atoms with Gasteiger partial charge in [-0.2, -0.15) is 0 Å². The number of hydrogen-bond acceptors (Lipinski definition) is 1. The molecule has 0 aliphatic heterocycles. The first-order valence-corrected chi connectivity index (χ1v) is 5.21. The molecule has 0 aliphatic carbocycles. The fraction of sp³-hybridized carbons (Fsp3) is 0.167. The van der Waals surface area contributed by atoms with Crippen LogP contribution in [0.3, 0.4) is 0 Å². The quantitative estimate of drug-likeness (QED) is 0.857. The van der Waals surface area contributed by atoms with E-state index in [-0.39, 0.29) is 5.02 Å². The van der Waals surface area contributed by atoms with Crippen molar-refractivity contribution in [3.63, 3.8) is 0 Å². The molecule has 0 unspecified atom stereocenters. The highest BCUT2D eigenvalue weighted by Crippen LogP contribution is 2.25. The lowest BCUT2D eigenvalue weighted by Gasteiger charge is -2.12. The lowest BCUT2D eigenvalue weighted by Crippen LogP contribution is -2.05. The van der Waals surface area contributed by atoms with Crippen LogP contribution in [0, 0.1) is 5.82 Å². The van der Waals surface area contributed by atoms with Crippen LogP contribution in [0.1, 0.15) is 17.4 Å². The van der Waals surface area contributed by atoms with Crippen molar-refractivity contribution in [1.29, 1.82) is 0 Å². The maximum absolute atomic E-state index is 13.1. The van der Waals surface area contributed by atoms with Gasteiger partial charge >= 0.3 is 0 Å². The Morgan fingerprint density at radius 2 is 2.12 bits per heavy atom. The fourth-order valence-electron chi connectivity index (χ4n) is 1.66. The highest BCUT2D eigenvalue weighted by atomic mass is 35.5. The average molecular weight is 240 g/mol. The predicted octanol–water partition coefficient (Wildman–Crippen LogP) is 2.90. The first kappa shape index (κ1) is 11.2. The molecule has 2 rings (SSSR count). The number of nitrogens with zero attached hydrogens (tertiary/aromatic N) is 1. The van der Waals surface area contributed by atoms with Crippen molar-refractivity contribution in [2.75, 3.05) is 0 Å². The second kappa shape index (κ2) is 4.28. The third kappa shape index (κ3) is 2.10. The van der Waals surface area contributed by atoms with Crippen molar-refractivity contribution in [3.8, 4) is 0 Å². The number of aromatic nitrogens is 1. The maximum Gasteiger partial charge on any atom is 0.125 e. The van der Waals surface area contributed by atoms with E-state index in [9.17, 15) is 9.50 Å². The molecule has 1 N–H and O–H groups in total. The molecule has 0 radical (unpaired) electrons. The Morgan fingerprint density at radius 1 is 1.38 bits per heavy atom. The highest BCUT2D eigenvalue weighted by molar-refractivity contribution is 6.30. The normalized spacial score (nSPS) is 12.8. The zero-order valence-corrected chi connectivity index (χ0v) is 9.45. The van der Waals surface area contributed by atoms with E-state index in [1.54, 1.807) is 16.7 Å². The molecule has 1 atom stereocenters. The van der Waals surface area contributed by atoms with E-state index in [2.05, 4.69) is 0 Å².